The van der Waals surface area contributed by atoms with Gasteiger partial charge in [0.05, 0.1) is 11.8 Å². The number of alkyl halides is 6. The summed E-state index contributed by atoms with van der Waals surface area (Å²) in [7, 11) is 0. The lowest BCUT2D eigenvalue weighted by molar-refractivity contribution is -0.307. The van der Waals surface area contributed by atoms with Crippen molar-refractivity contribution in [3.63, 3.8) is 0 Å². The van der Waals surface area contributed by atoms with Crippen LogP contribution in [0.5, 0.6) is 0 Å². The van der Waals surface area contributed by atoms with Gasteiger partial charge in [0.25, 0.3) is 0 Å². The summed E-state index contributed by atoms with van der Waals surface area (Å²) >= 11 is 4.65. The molecule has 92 valence electrons. The molecule has 0 aromatic heterocycles. The van der Waals surface area contributed by atoms with Gasteiger partial charge >= 0.3 is 12.4 Å². The van der Waals surface area contributed by atoms with Gasteiger partial charge < -0.3 is 4.79 Å². The number of rotatable bonds is 2. The van der Waals surface area contributed by atoms with Gasteiger partial charge in [0, 0.05) is 0 Å². The maximum absolute atomic E-state index is 12.3. The molecule has 1 fully saturated rings. The average Bonchev–Trinajstić information content (AvgIpc) is 2.70. The Kier molecular flexibility index (Phi) is 2.78. The molecule has 0 aliphatic heterocycles. The summed E-state index contributed by atoms with van der Waals surface area (Å²) in [5.74, 6) is -5.07. The van der Waals surface area contributed by atoms with Crippen LogP contribution in [0, 0.1) is 17.3 Å². The fourth-order valence-electron chi connectivity index (χ4n) is 1.81. The summed E-state index contributed by atoms with van der Waals surface area (Å²) in [6, 6.07) is 0. The molecule has 0 saturated heterocycles. The molecule has 1 aliphatic rings. The monoisotopic (exact) mass is 268 g/mol. The van der Waals surface area contributed by atoms with Gasteiger partial charge in [-0.3, -0.25) is 4.79 Å². The van der Waals surface area contributed by atoms with E-state index in [0.717, 1.165) is 0 Å². The molecule has 2 nitrogen and oxygen atoms in total. The van der Waals surface area contributed by atoms with Crippen molar-refractivity contribution in [1.82, 2.24) is 0 Å². The molecule has 0 radical (unpaired) electrons. The topological polar surface area (TPSA) is 34.1 Å². The van der Waals surface area contributed by atoms with Crippen molar-refractivity contribution in [3.8, 4) is 0 Å². The van der Waals surface area contributed by atoms with Crippen molar-refractivity contribution >= 4 is 23.1 Å². The third kappa shape index (κ3) is 1.42. The predicted molar refractivity (Wildman–Crippen MR) is 38.4 cm³/mol. The maximum Gasteiger partial charge on any atom is 0.404 e. The van der Waals surface area contributed by atoms with Crippen LogP contribution in [-0.2, 0) is 9.59 Å². The Labute approximate surface area is 89.5 Å². The summed E-state index contributed by atoms with van der Waals surface area (Å²) < 4.78 is 74.1. The first-order valence-corrected chi connectivity index (χ1v) is 4.17. The van der Waals surface area contributed by atoms with Gasteiger partial charge in [0.15, 0.2) is 5.41 Å². The van der Waals surface area contributed by atoms with Gasteiger partial charge in [-0.25, -0.2) is 0 Å². The Balaban J connectivity index is 3.31. The fraction of sp³-hybridized carbons (Fsp3) is 0.714. The second kappa shape index (κ2) is 3.35. The van der Waals surface area contributed by atoms with Crippen molar-refractivity contribution < 1.29 is 35.9 Å². The summed E-state index contributed by atoms with van der Waals surface area (Å²) in [6.45, 7) is 0. The normalized spacial score (nSPS) is 28.7. The Morgan fingerprint density at radius 1 is 1.12 bits per heavy atom. The first-order valence-electron chi connectivity index (χ1n) is 3.80. The molecule has 2 atom stereocenters. The van der Waals surface area contributed by atoms with E-state index in [1.807, 2.05) is 0 Å². The lowest BCUT2D eigenvalue weighted by Crippen LogP contribution is -2.42. The number of halogens is 7. The maximum atomic E-state index is 12.3. The highest BCUT2D eigenvalue weighted by atomic mass is 35.5. The van der Waals surface area contributed by atoms with E-state index in [2.05, 4.69) is 11.6 Å². The molecule has 0 aromatic carbocycles. The van der Waals surface area contributed by atoms with Crippen LogP contribution in [0.25, 0.3) is 0 Å². The van der Waals surface area contributed by atoms with Crippen molar-refractivity contribution in [3.05, 3.63) is 0 Å². The van der Waals surface area contributed by atoms with E-state index in [9.17, 15) is 35.9 Å². The second-order valence-electron chi connectivity index (χ2n) is 3.31. The van der Waals surface area contributed by atoms with Gasteiger partial charge in [-0.2, -0.15) is 26.3 Å². The number of hydrogen-bond acceptors (Lipinski definition) is 2. The molecule has 2 unspecified atom stereocenters. The minimum atomic E-state index is -5.74. The molecule has 0 spiro atoms. The molecule has 0 N–H and O–H groups in total. The summed E-state index contributed by atoms with van der Waals surface area (Å²) in [4.78, 5) is 20.7. The number of hydrogen-bond donors (Lipinski definition) is 0. The van der Waals surface area contributed by atoms with E-state index >= 15 is 0 Å². The molecule has 0 bridgehead atoms. The van der Waals surface area contributed by atoms with Gasteiger partial charge in [-0.1, -0.05) is 0 Å². The van der Waals surface area contributed by atoms with E-state index in [4.69, 9.17) is 0 Å². The molecular formula is C7H3ClF6O2. The Morgan fingerprint density at radius 2 is 1.50 bits per heavy atom. The third-order valence-electron chi connectivity index (χ3n) is 2.60. The number of carbonyl (C=O) groups is 2. The molecule has 0 heterocycles. The zero-order valence-corrected chi connectivity index (χ0v) is 7.95. The third-order valence-corrected chi connectivity index (χ3v) is 2.83. The first kappa shape index (κ1) is 13.3. The largest absolute Gasteiger partial charge is 0.404 e. The van der Waals surface area contributed by atoms with E-state index in [1.54, 1.807) is 0 Å². The van der Waals surface area contributed by atoms with Gasteiger partial charge in [-0.15, -0.1) is 0 Å². The lowest BCUT2D eigenvalue weighted by Gasteiger charge is -2.23. The first-order chi connectivity index (χ1) is 7.01. The van der Waals surface area contributed by atoms with Crippen LogP contribution in [0.1, 0.15) is 0 Å². The number of aldehydes is 1. The fourth-order valence-corrected chi connectivity index (χ4v) is 2.12. The number of carbonyl (C=O) groups excluding carboxylic acids is 2. The second-order valence-corrected chi connectivity index (χ2v) is 3.68. The van der Waals surface area contributed by atoms with Crippen LogP contribution in [0.4, 0.5) is 26.3 Å². The zero-order valence-electron chi connectivity index (χ0n) is 7.19. The Bertz CT molecular complexity index is 319. The summed E-state index contributed by atoms with van der Waals surface area (Å²) in [6.07, 6.45) is -12.0. The van der Waals surface area contributed by atoms with E-state index in [1.165, 1.54) is 0 Å². The Hall–Kier alpha value is -0.790. The van der Waals surface area contributed by atoms with Gasteiger partial charge in [0.2, 0.25) is 5.24 Å². The molecule has 0 amide bonds. The predicted octanol–water partition coefficient (Wildman–Crippen LogP) is 2.31. The van der Waals surface area contributed by atoms with E-state index in [0.29, 0.717) is 0 Å². The molecule has 1 saturated carbocycles. The van der Waals surface area contributed by atoms with Crippen molar-refractivity contribution in [2.75, 3.05) is 0 Å². The average molecular weight is 269 g/mol. The smallest absolute Gasteiger partial charge is 0.303 e. The SMILES string of the molecule is O=CC1C(C(=O)Cl)C1(C(F)(F)F)C(F)(F)F. The van der Waals surface area contributed by atoms with Crippen LogP contribution in [0.15, 0.2) is 0 Å². The molecule has 16 heavy (non-hydrogen) atoms. The van der Waals surface area contributed by atoms with Crippen LogP contribution < -0.4 is 0 Å². The highest BCUT2D eigenvalue weighted by Gasteiger charge is 2.91. The van der Waals surface area contributed by atoms with Crippen LogP contribution in [0.2, 0.25) is 0 Å². The van der Waals surface area contributed by atoms with E-state index < -0.39 is 41.1 Å². The molecular weight excluding hydrogens is 266 g/mol. The van der Waals surface area contributed by atoms with Crippen molar-refractivity contribution in [2.24, 2.45) is 17.3 Å². The van der Waals surface area contributed by atoms with Crippen LogP contribution in [0.3, 0.4) is 0 Å². The molecule has 9 heteroatoms. The van der Waals surface area contributed by atoms with Crippen molar-refractivity contribution in [2.45, 2.75) is 12.4 Å². The van der Waals surface area contributed by atoms with Gasteiger partial charge in [0.1, 0.15) is 6.29 Å². The molecule has 1 aliphatic carbocycles. The molecule has 0 aromatic rings. The van der Waals surface area contributed by atoms with Crippen molar-refractivity contribution in [1.29, 1.82) is 0 Å². The minimum absolute atomic E-state index is 0.536. The van der Waals surface area contributed by atoms with Gasteiger partial charge in [-0.05, 0) is 11.6 Å². The molecule has 1 rings (SSSR count). The Morgan fingerprint density at radius 3 is 1.56 bits per heavy atom. The van der Waals surface area contributed by atoms with Crippen LogP contribution >= 0.6 is 11.6 Å². The lowest BCUT2D eigenvalue weighted by atomic mass is 10.0. The zero-order chi connectivity index (χ0) is 12.9. The summed E-state index contributed by atoms with van der Waals surface area (Å²) in [5.41, 5.74) is -4.32. The highest BCUT2D eigenvalue weighted by molar-refractivity contribution is 6.64. The standard InChI is InChI=1S/C7H3ClF6O2/c8-4(16)3-2(1-15)5(3,6(9,10)11)7(12,13)14/h1-3H. The quantitative estimate of drug-likeness (QED) is 0.437. The minimum Gasteiger partial charge on any atom is -0.303 e. The van der Waals surface area contributed by atoms with E-state index in [-0.39, 0.29) is 0 Å². The summed E-state index contributed by atoms with van der Waals surface area (Å²) in [5, 5.41) is -1.81. The highest BCUT2D eigenvalue weighted by Crippen LogP contribution is 2.73. The van der Waals surface area contributed by atoms with Crippen LogP contribution in [-0.4, -0.2) is 23.9 Å².